The maximum Gasteiger partial charge on any atom is 0.262 e. The highest BCUT2D eigenvalue weighted by molar-refractivity contribution is 5.95. The van der Waals surface area contributed by atoms with Gasteiger partial charge in [0.1, 0.15) is 5.75 Å². The molecule has 0 bridgehead atoms. The zero-order chi connectivity index (χ0) is 19.5. The van der Waals surface area contributed by atoms with Crippen LogP contribution in [0.2, 0.25) is 0 Å². The molecular formula is C23H24N2O3. The largest absolute Gasteiger partial charge is 0.482 e. The molecule has 0 spiro atoms. The van der Waals surface area contributed by atoms with Gasteiger partial charge in [-0.2, -0.15) is 0 Å². The first-order valence-electron chi connectivity index (χ1n) is 9.54. The number of carbonyl (C=O) groups excluding carboxylic acids is 1. The number of benzene rings is 3. The van der Waals surface area contributed by atoms with Gasteiger partial charge in [0, 0.05) is 12.6 Å². The van der Waals surface area contributed by atoms with Gasteiger partial charge in [-0.1, -0.05) is 48.5 Å². The van der Waals surface area contributed by atoms with Crippen LogP contribution in [-0.4, -0.2) is 30.3 Å². The smallest absolute Gasteiger partial charge is 0.262 e. The summed E-state index contributed by atoms with van der Waals surface area (Å²) in [7, 11) is 0. The van der Waals surface area contributed by atoms with E-state index >= 15 is 0 Å². The van der Waals surface area contributed by atoms with E-state index in [0.29, 0.717) is 24.4 Å². The summed E-state index contributed by atoms with van der Waals surface area (Å²) in [5.41, 5.74) is 2.84. The number of hydrogen-bond donors (Lipinski definition) is 3. The zero-order valence-electron chi connectivity index (χ0n) is 15.8. The number of carbonyl (C=O) groups is 1. The minimum atomic E-state index is -0.482. The Hall–Kier alpha value is -2.89. The molecule has 3 aromatic rings. The Labute approximate surface area is 164 Å². The Morgan fingerprint density at radius 1 is 1.11 bits per heavy atom. The molecular weight excluding hydrogens is 352 g/mol. The quantitative estimate of drug-likeness (QED) is 0.616. The minimum absolute atomic E-state index is 0.0374. The van der Waals surface area contributed by atoms with Gasteiger partial charge in [-0.05, 0) is 47.4 Å². The molecule has 1 heterocycles. The van der Waals surface area contributed by atoms with Gasteiger partial charge in [-0.15, -0.1) is 0 Å². The second-order valence-electron chi connectivity index (χ2n) is 7.26. The van der Waals surface area contributed by atoms with E-state index in [-0.39, 0.29) is 18.6 Å². The first-order chi connectivity index (χ1) is 13.6. The van der Waals surface area contributed by atoms with Gasteiger partial charge in [-0.25, -0.2) is 0 Å². The highest BCUT2D eigenvalue weighted by Gasteiger charge is 2.18. The van der Waals surface area contributed by atoms with Crippen LogP contribution in [0.5, 0.6) is 5.75 Å². The fraction of sp³-hybridized carbons (Fsp3) is 0.261. The molecule has 28 heavy (non-hydrogen) atoms. The van der Waals surface area contributed by atoms with Gasteiger partial charge in [0.05, 0.1) is 11.8 Å². The van der Waals surface area contributed by atoms with Crippen molar-refractivity contribution in [2.75, 3.05) is 18.5 Å². The van der Waals surface area contributed by atoms with Crippen LogP contribution in [0, 0.1) is 0 Å². The number of fused-ring (bicyclic) bond motifs is 2. The molecule has 0 saturated carbocycles. The van der Waals surface area contributed by atoms with Gasteiger partial charge in [0.25, 0.3) is 5.91 Å². The van der Waals surface area contributed by atoms with Crippen LogP contribution in [0.3, 0.4) is 0 Å². The molecule has 0 radical (unpaired) electrons. The molecule has 144 valence electrons. The maximum atomic E-state index is 11.5. The van der Waals surface area contributed by atoms with E-state index in [1.165, 1.54) is 10.8 Å². The molecule has 1 amide bonds. The summed E-state index contributed by atoms with van der Waals surface area (Å²) in [4.78, 5) is 11.5. The molecule has 1 aliphatic heterocycles. The summed E-state index contributed by atoms with van der Waals surface area (Å²) in [6.07, 6.45) is 0.114. The van der Waals surface area contributed by atoms with Crippen LogP contribution in [0.1, 0.15) is 24.1 Å². The van der Waals surface area contributed by atoms with Gasteiger partial charge in [-0.3, -0.25) is 4.79 Å². The third-order valence-corrected chi connectivity index (χ3v) is 5.08. The van der Waals surface area contributed by atoms with Gasteiger partial charge < -0.3 is 20.5 Å². The van der Waals surface area contributed by atoms with Gasteiger partial charge in [0.2, 0.25) is 0 Å². The summed E-state index contributed by atoms with van der Waals surface area (Å²) in [5, 5.41) is 19.0. The van der Waals surface area contributed by atoms with Crippen molar-refractivity contribution in [3.63, 3.8) is 0 Å². The number of amides is 1. The third-order valence-electron chi connectivity index (χ3n) is 5.08. The lowest BCUT2D eigenvalue weighted by molar-refractivity contribution is -0.118. The lowest BCUT2D eigenvalue weighted by Crippen LogP contribution is -2.30. The molecule has 5 heteroatoms. The molecule has 0 aromatic heterocycles. The molecule has 1 aliphatic rings. The molecule has 4 rings (SSSR count). The van der Waals surface area contributed by atoms with Crippen LogP contribution < -0.4 is 15.4 Å². The molecule has 3 N–H and O–H groups in total. The normalized spacial score (nSPS) is 15.4. The lowest BCUT2D eigenvalue weighted by Gasteiger charge is -2.22. The second-order valence-corrected chi connectivity index (χ2v) is 7.26. The Morgan fingerprint density at radius 2 is 1.93 bits per heavy atom. The van der Waals surface area contributed by atoms with E-state index in [1.54, 1.807) is 0 Å². The monoisotopic (exact) mass is 376 g/mol. The lowest BCUT2D eigenvalue weighted by atomic mass is 10.0. The summed E-state index contributed by atoms with van der Waals surface area (Å²) in [6.45, 7) is 2.57. The topological polar surface area (TPSA) is 70.6 Å². The Kier molecular flexibility index (Phi) is 5.28. The van der Waals surface area contributed by atoms with E-state index in [4.69, 9.17) is 4.74 Å². The number of ether oxygens (including phenoxy) is 1. The van der Waals surface area contributed by atoms with Gasteiger partial charge >= 0.3 is 0 Å². The number of hydrogen-bond acceptors (Lipinski definition) is 4. The van der Waals surface area contributed by atoms with E-state index in [2.05, 4.69) is 41.0 Å². The van der Waals surface area contributed by atoms with Crippen molar-refractivity contribution in [1.82, 2.24) is 5.32 Å². The first kappa shape index (κ1) is 18.5. The fourth-order valence-electron chi connectivity index (χ4n) is 3.51. The van der Waals surface area contributed by atoms with E-state index < -0.39 is 6.10 Å². The Bertz CT molecular complexity index is 1000. The predicted octanol–water partition coefficient (Wildman–Crippen LogP) is 3.42. The van der Waals surface area contributed by atoms with Crippen molar-refractivity contribution in [1.29, 1.82) is 0 Å². The Balaban J connectivity index is 1.35. The summed E-state index contributed by atoms with van der Waals surface area (Å²) >= 11 is 0. The maximum absolute atomic E-state index is 11.5. The van der Waals surface area contributed by atoms with Crippen LogP contribution in [0.4, 0.5) is 5.69 Å². The molecule has 0 fully saturated rings. The third kappa shape index (κ3) is 4.16. The zero-order valence-corrected chi connectivity index (χ0v) is 15.8. The van der Waals surface area contributed by atoms with E-state index in [1.807, 2.05) is 37.3 Å². The summed E-state index contributed by atoms with van der Waals surface area (Å²) < 4.78 is 5.39. The SMILES string of the molecule is C[C@H](NC[C@@H](O)Cc1ccc2ccccc2c1)c1ccc2c(c1)NC(=O)CO2. The van der Waals surface area contributed by atoms with Crippen LogP contribution >= 0.6 is 0 Å². The van der Waals surface area contributed by atoms with Gasteiger partial charge in [0.15, 0.2) is 6.61 Å². The fourth-order valence-corrected chi connectivity index (χ4v) is 3.51. The van der Waals surface area contributed by atoms with Crippen molar-refractivity contribution in [3.05, 3.63) is 71.8 Å². The van der Waals surface area contributed by atoms with Crippen molar-refractivity contribution >= 4 is 22.4 Å². The average Bonchev–Trinajstić information content (AvgIpc) is 2.71. The molecule has 3 aromatic carbocycles. The minimum Gasteiger partial charge on any atom is -0.482 e. The highest BCUT2D eigenvalue weighted by Crippen LogP contribution is 2.30. The van der Waals surface area contributed by atoms with Crippen LogP contribution in [-0.2, 0) is 11.2 Å². The summed E-state index contributed by atoms with van der Waals surface area (Å²) in [5.74, 6) is 0.544. The highest BCUT2D eigenvalue weighted by atomic mass is 16.5. The second kappa shape index (κ2) is 8.00. The molecule has 5 nitrogen and oxygen atoms in total. The van der Waals surface area contributed by atoms with Crippen LogP contribution in [0.25, 0.3) is 10.8 Å². The van der Waals surface area contributed by atoms with E-state index in [9.17, 15) is 9.90 Å². The van der Waals surface area contributed by atoms with E-state index in [0.717, 1.165) is 11.1 Å². The van der Waals surface area contributed by atoms with Crippen molar-refractivity contribution in [2.45, 2.75) is 25.5 Å². The standard InChI is InChI=1S/C23H24N2O3/c1-15(18-8-9-22-21(12-18)25-23(27)14-28-22)24-13-20(26)11-16-6-7-17-4-2-3-5-19(17)10-16/h2-10,12,15,20,24,26H,11,13-14H2,1H3,(H,25,27)/t15-,20-/m0/s1. The number of anilines is 1. The van der Waals surface area contributed by atoms with Crippen molar-refractivity contribution < 1.29 is 14.6 Å². The van der Waals surface area contributed by atoms with Crippen molar-refractivity contribution in [2.24, 2.45) is 0 Å². The molecule has 0 aliphatic carbocycles. The van der Waals surface area contributed by atoms with Crippen molar-refractivity contribution in [3.8, 4) is 5.75 Å². The molecule has 0 unspecified atom stereocenters. The number of aliphatic hydroxyl groups excluding tert-OH is 1. The number of nitrogens with one attached hydrogen (secondary N) is 2. The molecule has 0 saturated heterocycles. The number of aliphatic hydroxyl groups is 1. The first-order valence-corrected chi connectivity index (χ1v) is 9.54. The Morgan fingerprint density at radius 3 is 2.79 bits per heavy atom. The summed E-state index contributed by atoms with van der Waals surface area (Å²) in [6, 6.07) is 20.3. The molecule has 2 atom stereocenters. The van der Waals surface area contributed by atoms with Crippen LogP contribution in [0.15, 0.2) is 60.7 Å². The average molecular weight is 376 g/mol. The predicted molar refractivity (Wildman–Crippen MR) is 111 cm³/mol. The number of rotatable bonds is 6.